The SMILES string of the molecule is CN(C(=O)c1cc(-c2ccc(-c3cccc(S(C)(=O)=O)c3)s2)n(-c2ccccc2Cl)n1)C(CN1CCOCC1)c1ccccc1. The van der Waals surface area contributed by atoms with Gasteiger partial charge in [-0.25, -0.2) is 13.1 Å². The molecule has 3 heterocycles. The molecule has 0 spiro atoms. The molecule has 8 nitrogen and oxygen atoms in total. The summed E-state index contributed by atoms with van der Waals surface area (Å²) in [6, 6.07) is 29.9. The molecule has 0 radical (unpaired) electrons. The second-order valence-electron chi connectivity index (χ2n) is 11.0. The summed E-state index contributed by atoms with van der Waals surface area (Å²) in [5.41, 5.74) is 3.50. The minimum absolute atomic E-state index is 0.193. The molecule has 232 valence electrons. The maximum absolute atomic E-state index is 14.2. The van der Waals surface area contributed by atoms with E-state index in [0.717, 1.165) is 34.0 Å². The summed E-state index contributed by atoms with van der Waals surface area (Å²) < 4.78 is 31.6. The second-order valence-corrected chi connectivity index (χ2v) is 14.5. The van der Waals surface area contributed by atoms with Gasteiger partial charge in [0.05, 0.1) is 45.4 Å². The first-order valence-electron chi connectivity index (χ1n) is 14.6. The van der Waals surface area contributed by atoms with Crippen molar-refractivity contribution < 1.29 is 17.9 Å². The van der Waals surface area contributed by atoms with Crippen LogP contribution in [-0.4, -0.2) is 80.1 Å². The third-order valence-electron chi connectivity index (χ3n) is 7.92. The molecule has 1 aliphatic heterocycles. The smallest absolute Gasteiger partial charge is 0.274 e. The van der Waals surface area contributed by atoms with Crippen molar-refractivity contribution in [1.29, 1.82) is 0 Å². The molecule has 3 aromatic carbocycles. The minimum atomic E-state index is -3.35. The van der Waals surface area contributed by atoms with E-state index < -0.39 is 9.84 Å². The van der Waals surface area contributed by atoms with E-state index in [1.807, 2.05) is 67.7 Å². The van der Waals surface area contributed by atoms with Gasteiger partial charge >= 0.3 is 0 Å². The van der Waals surface area contributed by atoms with Crippen LogP contribution in [-0.2, 0) is 14.6 Å². The zero-order chi connectivity index (χ0) is 31.6. The molecule has 5 aromatic rings. The number of thiophene rings is 1. The Bertz CT molecular complexity index is 1920. The summed E-state index contributed by atoms with van der Waals surface area (Å²) in [7, 11) is -1.53. The quantitative estimate of drug-likeness (QED) is 0.180. The van der Waals surface area contributed by atoms with Crippen LogP contribution in [0.2, 0.25) is 5.02 Å². The van der Waals surface area contributed by atoms with E-state index in [2.05, 4.69) is 17.0 Å². The van der Waals surface area contributed by atoms with Gasteiger partial charge in [0, 0.05) is 37.8 Å². The number of ether oxygens (including phenoxy) is 1. The first kappa shape index (κ1) is 31.2. The Hall–Kier alpha value is -3.80. The average molecular weight is 661 g/mol. The Balaban J connectivity index is 1.38. The van der Waals surface area contributed by atoms with E-state index in [-0.39, 0.29) is 16.8 Å². The molecule has 0 aliphatic carbocycles. The van der Waals surface area contributed by atoms with Crippen LogP contribution in [0.25, 0.3) is 26.7 Å². The molecule has 45 heavy (non-hydrogen) atoms. The monoisotopic (exact) mass is 660 g/mol. The maximum atomic E-state index is 14.2. The number of nitrogens with zero attached hydrogens (tertiary/aromatic N) is 4. The van der Waals surface area contributed by atoms with Gasteiger partial charge in [0.15, 0.2) is 15.5 Å². The average Bonchev–Trinajstić information content (AvgIpc) is 3.72. The zero-order valence-electron chi connectivity index (χ0n) is 25.0. The van der Waals surface area contributed by atoms with Crippen LogP contribution in [0.1, 0.15) is 22.1 Å². The van der Waals surface area contributed by atoms with Gasteiger partial charge in [0.2, 0.25) is 0 Å². The Labute approximate surface area is 272 Å². The first-order chi connectivity index (χ1) is 21.7. The lowest BCUT2D eigenvalue weighted by molar-refractivity contribution is 0.0240. The molecule has 6 rings (SSSR count). The van der Waals surface area contributed by atoms with E-state index in [1.165, 1.54) is 17.6 Å². The number of benzene rings is 3. The normalized spacial score (nSPS) is 14.7. The van der Waals surface area contributed by atoms with Crippen LogP contribution in [0.15, 0.2) is 102 Å². The molecule has 0 N–H and O–H groups in total. The van der Waals surface area contributed by atoms with Crippen molar-refractivity contribution in [2.45, 2.75) is 10.9 Å². The summed E-state index contributed by atoms with van der Waals surface area (Å²) in [6.45, 7) is 3.64. The first-order valence-corrected chi connectivity index (χ1v) is 17.7. The summed E-state index contributed by atoms with van der Waals surface area (Å²) in [5.74, 6) is -0.207. The van der Waals surface area contributed by atoms with Crippen LogP contribution in [0.4, 0.5) is 0 Å². The van der Waals surface area contributed by atoms with Gasteiger partial charge < -0.3 is 9.64 Å². The maximum Gasteiger partial charge on any atom is 0.274 e. The highest BCUT2D eigenvalue weighted by molar-refractivity contribution is 7.90. The topological polar surface area (TPSA) is 84.7 Å². The van der Waals surface area contributed by atoms with Crippen LogP contribution >= 0.6 is 22.9 Å². The highest BCUT2D eigenvalue weighted by Crippen LogP contribution is 2.37. The van der Waals surface area contributed by atoms with Gasteiger partial charge in [-0.2, -0.15) is 5.10 Å². The highest BCUT2D eigenvalue weighted by Gasteiger charge is 2.29. The molecule has 2 aromatic heterocycles. The molecule has 1 fully saturated rings. The Morgan fingerprint density at radius 1 is 0.956 bits per heavy atom. The van der Waals surface area contributed by atoms with Crippen LogP contribution in [0.3, 0.4) is 0 Å². The lowest BCUT2D eigenvalue weighted by atomic mass is 10.0. The van der Waals surface area contributed by atoms with Crippen LogP contribution in [0.5, 0.6) is 0 Å². The molecule has 11 heteroatoms. The fourth-order valence-electron chi connectivity index (χ4n) is 5.46. The van der Waals surface area contributed by atoms with E-state index in [9.17, 15) is 13.2 Å². The number of carbonyl (C=O) groups is 1. The number of sulfone groups is 1. The Morgan fingerprint density at radius 2 is 1.67 bits per heavy atom. The van der Waals surface area contributed by atoms with E-state index in [4.69, 9.17) is 21.4 Å². The number of likely N-dealkylation sites (N-methyl/N-ethyl adjacent to an activating group) is 1. The number of morpholine rings is 1. The van der Waals surface area contributed by atoms with E-state index in [1.54, 1.807) is 33.8 Å². The van der Waals surface area contributed by atoms with Crippen molar-refractivity contribution in [2.24, 2.45) is 0 Å². The van der Waals surface area contributed by atoms with Gasteiger partial charge in [0.1, 0.15) is 0 Å². The lowest BCUT2D eigenvalue weighted by Gasteiger charge is -2.35. The Kier molecular flexibility index (Phi) is 9.21. The number of hydrogen-bond donors (Lipinski definition) is 0. The predicted octanol–water partition coefficient (Wildman–Crippen LogP) is 6.47. The van der Waals surface area contributed by atoms with Gasteiger partial charge in [-0.3, -0.25) is 9.69 Å². The summed E-state index contributed by atoms with van der Waals surface area (Å²) in [6.07, 6.45) is 1.20. The predicted molar refractivity (Wildman–Crippen MR) is 179 cm³/mol. The second kappa shape index (κ2) is 13.3. The molecule has 0 bridgehead atoms. The van der Waals surface area contributed by atoms with E-state index >= 15 is 0 Å². The number of carbonyl (C=O) groups excluding carboxylic acids is 1. The van der Waals surface area contributed by atoms with Crippen molar-refractivity contribution in [3.8, 4) is 26.7 Å². The van der Waals surface area contributed by atoms with Crippen LogP contribution in [0, 0.1) is 0 Å². The molecule has 1 saturated heterocycles. The van der Waals surface area contributed by atoms with Crippen molar-refractivity contribution in [2.75, 3.05) is 46.2 Å². The number of halogens is 1. The number of rotatable bonds is 9. The number of amides is 1. The molecular formula is C34H33ClN4O4S2. The lowest BCUT2D eigenvalue weighted by Crippen LogP contribution is -2.43. The molecule has 1 aliphatic rings. The molecule has 1 amide bonds. The van der Waals surface area contributed by atoms with E-state index in [0.29, 0.717) is 41.9 Å². The number of para-hydroxylation sites is 1. The fraction of sp³-hybridized carbons (Fsp3) is 0.235. The van der Waals surface area contributed by atoms with Crippen molar-refractivity contribution in [1.82, 2.24) is 19.6 Å². The van der Waals surface area contributed by atoms with Crippen molar-refractivity contribution >= 4 is 38.7 Å². The molecule has 1 unspecified atom stereocenters. The van der Waals surface area contributed by atoms with Crippen molar-refractivity contribution in [3.05, 3.63) is 113 Å². The highest BCUT2D eigenvalue weighted by atomic mass is 35.5. The standard InChI is InChI=1S/C34H33ClN4O4S2/c1-37(31(24-9-4-3-5-10-24)23-38-17-19-43-20-18-38)34(40)28-22-30(39(36-28)29-14-7-6-13-27(29)35)33-16-15-32(44-33)25-11-8-12-26(21-25)45(2,41)42/h3-16,21-22,31H,17-20,23H2,1-2H3. The largest absolute Gasteiger partial charge is 0.379 e. The van der Waals surface area contributed by atoms with Gasteiger partial charge in [-0.05, 0) is 53.6 Å². The molecule has 0 saturated carbocycles. The number of hydrogen-bond acceptors (Lipinski definition) is 7. The Morgan fingerprint density at radius 3 is 2.40 bits per heavy atom. The van der Waals surface area contributed by atoms with Gasteiger partial charge in [0.25, 0.3) is 5.91 Å². The summed E-state index contributed by atoms with van der Waals surface area (Å²) >= 11 is 8.14. The third-order valence-corrected chi connectivity index (χ3v) is 10.5. The summed E-state index contributed by atoms with van der Waals surface area (Å²) in [4.78, 5) is 20.3. The molecule has 1 atom stereocenters. The molecular weight excluding hydrogens is 628 g/mol. The van der Waals surface area contributed by atoms with Gasteiger partial charge in [-0.1, -0.05) is 66.2 Å². The van der Waals surface area contributed by atoms with Gasteiger partial charge in [-0.15, -0.1) is 11.3 Å². The van der Waals surface area contributed by atoms with Crippen LogP contribution < -0.4 is 0 Å². The third kappa shape index (κ3) is 6.90. The minimum Gasteiger partial charge on any atom is -0.379 e. The zero-order valence-corrected chi connectivity index (χ0v) is 27.4. The number of aromatic nitrogens is 2. The fourth-order valence-corrected chi connectivity index (χ4v) is 7.34. The summed E-state index contributed by atoms with van der Waals surface area (Å²) in [5, 5.41) is 5.33. The van der Waals surface area contributed by atoms with Crippen molar-refractivity contribution in [3.63, 3.8) is 0 Å².